The molecule has 0 radical (unpaired) electrons. The van der Waals surface area contributed by atoms with Crippen LogP contribution in [0.3, 0.4) is 0 Å². The van der Waals surface area contributed by atoms with Gasteiger partial charge in [-0.25, -0.2) is 4.79 Å². The van der Waals surface area contributed by atoms with E-state index in [0.717, 1.165) is 0 Å². The third kappa shape index (κ3) is 4.49. The molecule has 4 heteroatoms. The van der Waals surface area contributed by atoms with Gasteiger partial charge < -0.3 is 14.6 Å². The number of rotatable bonds is 7. The second kappa shape index (κ2) is 9.28. The largest absolute Gasteiger partial charge is 0.458 e. The maximum atomic E-state index is 13.2. The zero-order chi connectivity index (χ0) is 21.5. The van der Waals surface area contributed by atoms with E-state index in [1.54, 1.807) is 48.5 Å². The Morgan fingerprint density at radius 1 is 0.677 bits per heavy atom. The zero-order valence-corrected chi connectivity index (χ0v) is 16.8. The number of ether oxygens (including phenoxy) is 2. The molecule has 0 unspecified atom stereocenters. The van der Waals surface area contributed by atoms with Gasteiger partial charge in [-0.2, -0.15) is 0 Å². The van der Waals surface area contributed by atoms with Crippen molar-refractivity contribution in [1.82, 2.24) is 0 Å². The third-order valence-corrected chi connectivity index (χ3v) is 4.98. The predicted molar refractivity (Wildman–Crippen MR) is 119 cm³/mol. The summed E-state index contributed by atoms with van der Waals surface area (Å²) >= 11 is 0. The number of para-hydroxylation sites is 2. The van der Waals surface area contributed by atoms with Crippen LogP contribution in [-0.2, 0) is 21.7 Å². The maximum Gasteiger partial charge on any atom is 0.348 e. The summed E-state index contributed by atoms with van der Waals surface area (Å²) < 4.78 is 11.6. The number of esters is 1. The van der Waals surface area contributed by atoms with E-state index in [1.165, 1.54) is 0 Å². The summed E-state index contributed by atoms with van der Waals surface area (Å²) in [7, 11) is 0. The van der Waals surface area contributed by atoms with Crippen LogP contribution >= 0.6 is 0 Å². The van der Waals surface area contributed by atoms with E-state index in [1.807, 2.05) is 66.7 Å². The summed E-state index contributed by atoms with van der Waals surface area (Å²) in [6.07, 6.45) is 0. The molecule has 4 nitrogen and oxygen atoms in total. The van der Waals surface area contributed by atoms with Gasteiger partial charge in [-0.1, -0.05) is 97.1 Å². The lowest BCUT2D eigenvalue weighted by Gasteiger charge is -2.27. The van der Waals surface area contributed by atoms with Crippen molar-refractivity contribution in [3.63, 3.8) is 0 Å². The average Bonchev–Trinajstić information content (AvgIpc) is 2.84. The van der Waals surface area contributed by atoms with Crippen molar-refractivity contribution >= 4 is 5.97 Å². The molecule has 0 amide bonds. The fraction of sp³-hybridized carbons (Fsp3) is 0.0741. The van der Waals surface area contributed by atoms with Crippen molar-refractivity contribution in [2.75, 3.05) is 0 Å². The quantitative estimate of drug-likeness (QED) is 0.411. The van der Waals surface area contributed by atoms with Gasteiger partial charge in [-0.3, -0.25) is 0 Å². The second-order valence-electron chi connectivity index (χ2n) is 7.04. The van der Waals surface area contributed by atoms with Crippen LogP contribution in [0.1, 0.15) is 16.7 Å². The van der Waals surface area contributed by atoms with Gasteiger partial charge in [0.15, 0.2) is 0 Å². The van der Waals surface area contributed by atoms with E-state index < -0.39 is 11.6 Å². The van der Waals surface area contributed by atoms with Crippen LogP contribution < -0.4 is 4.74 Å². The van der Waals surface area contributed by atoms with Crippen molar-refractivity contribution < 1.29 is 19.4 Å². The van der Waals surface area contributed by atoms with Crippen LogP contribution in [0, 0.1) is 0 Å². The van der Waals surface area contributed by atoms with E-state index in [9.17, 15) is 9.90 Å². The average molecular weight is 410 g/mol. The summed E-state index contributed by atoms with van der Waals surface area (Å²) in [6, 6.07) is 34.3. The molecular weight excluding hydrogens is 388 g/mol. The molecule has 0 aliphatic rings. The van der Waals surface area contributed by atoms with E-state index in [4.69, 9.17) is 9.47 Å². The van der Waals surface area contributed by atoms with Gasteiger partial charge in [-0.05, 0) is 29.3 Å². The number of carbonyl (C=O) groups excluding carboxylic acids is 1. The fourth-order valence-electron chi connectivity index (χ4n) is 3.35. The smallest absolute Gasteiger partial charge is 0.348 e. The predicted octanol–water partition coefficient (Wildman–Crippen LogP) is 5.46. The Balaban J connectivity index is 1.59. The molecule has 0 aliphatic carbocycles. The summed E-state index contributed by atoms with van der Waals surface area (Å²) in [5, 5.41) is 11.5. The number of hydrogen-bond donors (Lipinski definition) is 1. The minimum absolute atomic E-state index is 0.0379. The highest BCUT2D eigenvalue weighted by Crippen LogP contribution is 2.32. The molecule has 4 aromatic rings. The molecule has 31 heavy (non-hydrogen) atoms. The lowest BCUT2D eigenvalue weighted by Crippen LogP contribution is -2.38. The minimum Gasteiger partial charge on any atom is -0.458 e. The molecule has 0 spiro atoms. The first-order valence-electron chi connectivity index (χ1n) is 9.99. The molecule has 1 N–H and O–H groups in total. The Hall–Kier alpha value is -3.89. The van der Waals surface area contributed by atoms with Crippen LogP contribution in [0.2, 0.25) is 0 Å². The zero-order valence-electron chi connectivity index (χ0n) is 16.8. The standard InChI is InChI=1S/C27H22O4/c28-26(27(29,22-13-4-1-5-14-22)23-15-6-2-7-16-23)30-20-21-12-10-11-19-25(21)31-24-17-8-3-9-18-24/h1-19,29H,20H2. The Kier molecular flexibility index (Phi) is 6.11. The van der Waals surface area contributed by atoms with Crippen molar-refractivity contribution in [1.29, 1.82) is 0 Å². The highest BCUT2D eigenvalue weighted by atomic mass is 16.6. The van der Waals surface area contributed by atoms with Gasteiger partial charge in [0.2, 0.25) is 5.60 Å². The van der Waals surface area contributed by atoms with Gasteiger partial charge in [0.05, 0.1) is 0 Å². The molecule has 0 heterocycles. The van der Waals surface area contributed by atoms with Gasteiger partial charge in [-0.15, -0.1) is 0 Å². The SMILES string of the molecule is O=C(OCc1ccccc1Oc1ccccc1)C(O)(c1ccccc1)c1ccccc1. The molecule has 4 rings (SSSR count). The Bertz CT molecular complexity index is 1090. The second-order valence-corrected chi connectivity index (χ2v) is 7.04. The summed E-state index contributed by atoms with van der Waals surface area (Å²) in [5.74, 6) is 0.523. The van der Waals surface area contributed by atoms with Crippen LogP contribution in [-0.4, -0.2) is 11.1 Å². The van der Waals surface area contributed by atoms with Gasteiger partial charge in [0.1, 0.15) is 18.1 Å². The molecule has 0 aliphatic heterocycles. The number of benzene rings is 4. The van der Waals surface area contributed by atoms with Crippen molar-refractivity contribution in [3.8, 4) is 11.5 Å². The van der Waals surface area contributed by atoms with Crippen molar-refractivity contribution in [2.24, 2.45) is 0 Å². The van der Waals surface area contributed by atoms with E-state index in [-0.39, 0.29) is 6.61 Å². The summed E-state index contributed by atoms with van der Waals surface area (Å²) in [4.78, 5) is 13.2. The highest BCUT2D eigenvalue weighted by molar-refractivity contribution is 5.85. The monoisotopic (exact) mass is 410 g/mol. The molecule has 0 saturated heterocycles. The molecule has 0 bridgehead atoms. The van der Waals surface area contributed by atoms with E-state index >= 15 is 0 Å². The topological polar surface area (TPSA) is 55.8 Å². The first kappa shape index (κ1) is 20.4. The number of carbonyl (C=O) groups is 1. The Labute approximate surface area is 181 Å². The Morgan fingerprint density at radius 3 is 1.74 bits per heavy atom. The molecular formula is C27H22O4. The highest BCUT2D eigenvalue weighted by Gasteiger charge is 2.41. The molecule has 154 valence electrons. The van der Waals surface area contributed by atoms with Gasteiger partial charge in [0.25, 0.3) is 0 Å². The molecule has 0 aromatic heterocycles. The summed E-state index contributed by atoms with van der Waals surface area (Å²) in [5.41, 5.74) is -0.333. The molecule has 0 fully saturated rings. The third-order valence-electron chi connectivity index (χ3n) is 4.98. The molecule has 0 saturated carbocycles. The Morgan fingerprint density at radius 2 is 1.16 bits per heavy atom. The summed E-state index contributed by atoms with van der Waals surface area (Å²) in [6.45, 7) is -0.0379. The van der Waals surface area contributed by atoms with Gasteiger partial charge in [0, 0.05) is 5.56 Å². The first-order valence-corrected chi connectivity index (χ1v) is 9.99. The van der Waals surface area contributed by atoms with Crippen LogP contribution in [0.5, 0.6) is 11.5 Å². The first-order chi connectivity index (χ1) is 15.2. The van der Waals surface area contributed by atoms with Crippen molar-refractivity contribution in [3.05, 3.63) is 132 Å². The molecule has 0 atom stereocenters. The van der Waals surface area contributed by atoms with Crippen molar-refractivity contribution in [2.45, 2.75) is 12.2 Å². The lowest BCUT2D eigenvalue weighted by atomic mass is 9.86. The van der Waals surface area contributed by atoms with Crippen LogP contribution in [0.25, 0.3) is 0 Å². The fourth-order valence-corrected chi connectivity index (χ4v) is 3.35. The van der Waals surface area contributed by atoms with Gasteiger partial charge >= 0.3 is 5.97 Å². The minimum atomic E-state index is -1.92. The lowest BCUT2D eigenvalue weighted by molar-refractivity contribution is -0.163. The van der Waals surface area contributed by atoms with Crippen LogP contribution in [0.4, 0.5) is 0 Å². The van der Waals surface area contributed by atoms with E-state index in [0.29, 0.717) is 28.2 Å². The number of hydrogen-bond acceptors (Lipinski definition) is 4. The normalized spacial score (nSPS) is 11.0. The molecule has 4 aromatic carbocycles. The number of aliphatic hydroxyl groups is 1. The maximum absolute atomic E-state index is 13.2. The van der Waals surface area contributed by atoms with Crippen LogP contribution in [0.15, 0.2) is 115 Å². The van der Waals surface area contributed by atoms with E-state index in [2.05, 4.69) is 0 Å².